The van der Waals surface area contributed by atoms with Crippen molar-refractivity contribution in [2.75, 3.05) is 0 Å². The van der Waals surface area contributed by atoms with E-state index >= 15 is 0 Å². The smallest absolute Gasteiger partial charge is 0.158 e. The molecule has 0 fully saturated rings. The zero-order valence-electron chi connectivity index (χ0n) is 5.25. The first-order valence-corrected chi connectivity index (χ1v) is 2.71. The summed E-state index contributed by atoms with van der Waals surface area (Å²) in [6.07, 6.45) is 0. The Morgan fingerprint density at radius 3 is 2.40 bits per heavy atom. The van der Waals surface area contributed by atoms with E-state index in [4.69, 9.17) is 0 Å². The summed E-state index contributed by atoms with van der Waals surface area (Å²) in [4.78, 5) is 4.61. The van der Waals surface area contributed by atoms with Gasteiger partial charge in [0.25, 0.3) is 0 Å². The largest absolute Gasteiger partial charge is 0.358 e. The maximum absolute atomic E-state index is 12.2. The molecule has 0 saturated heterocycles. The van der Waals surface area contributed by atoms with Gasteiger partial charge in [-0.05, 0) is 24.3 Å². The third kappa shape index (κ3) is 1.55. The minimum atomic E-state index is -0.295. The van der Waals surface area contributed by atoms with Gasteiger partial charge in [-0.15, -0.1) is 0 Å². The summed E-state index contributed by atoms with van der Waals surface area (Å²) in [6, 6.07) is 5.54. The van der Waals surface area contributed by atoms with E-state index in [1.54, 1.807) is 0 Å². The maximum atomic E-state index is 12.2. The molecular formula is C7H6FNO. The van der Waals surface area contributed by atoms with Crippen LogP contribution in [0.2, 0.25) is 0 Å². The van der Waals surface area contributed by atoms with E-state index in [0.717, 1.165) is 0 Å². The van der Waals surface area contributed by atoms with Gasteiger partial charge in [-0.2, -0.15) is 0 Å². The molecule has 0 spiro atoms. The fourth-order valence-corrected chi connectivity index (χ4v) is 0.570. The fraction of sp³-hybridized carbons (Fsp3) is 0. The highest BCUT2D eigenvalue weighted by Gasteiger charge is 1.90. The number of hydrogen-bond donors (Lipinski definition) is 0. The third-order valence-electron chi connectivity index (χ3n) is 0.984. The molecule has 0 atom stereocenters. The van der Waals surface area contributed by atoms with Crippen LogP contribution in [0.3, 0.4) is 0 Å². The predicted molar refractivity (Wildman–Crippen MR) is 36.6 cm³/mol. The highest BCUT2D eigenvalue weighted by atomic mass is 19.1. The van der Waals surface area contributed by atoms with Crippen LogP contribution in [0.15, 0.2) is 29.4 Å². The molecular weight excluding hydrogens is 133 g/mol. The summed E-state index contributed by atoms with van der Waals surface area (Å²) >= 11 is 0. The topological polar surface area (TPSA) is 21.6 Å². The highest BCUT2D eigenvalue weighted by Crippen LogP contribution is 2.10. The summed E-state index contributed by atoms with van der Waals surface area (Å²) in [5.74, 6) is 0.188. The zero-order chi connectivity index (χ0) is 7.40. The van der Waals surface area contributed by atoms with E-state index < -0.39 is 0 Å². The molecule has 3 heteroatoms. The molecule has 0 heterocycles. The molecule has 1 aromatic carbocycles. The normalized spacial score (nSPS) is 8.90. The number of halogens is 1. The summed E-state index contributed by atoms with van der Waals surface area (Å²) < 4.78 is 12.2. The predicted octanol–water partition coefficient (Wildman–Crippen LogP) is 1.82. The summed E-state index contributed by atoms with van der Waals surface area (Å²) in [5.41, 5.74) is 0. The van der Waals surface area contributed by atoms with E-state index in [1.807, 2.05) is 0 Å². The van der Waals surface area contributed by atoms with Crippen LogP contribution >= 0.6 is 0 Å². The molecule has 2 nitrogen and oxygen atoms in total. The average molecular weight is 139 g/mol. The van der Waals surface area contributed by atoms with Gasteiger partial charge in [0.2, 0.25) is 0 Å². The number of nitrogens with zero attached hydrogens (tertiary/aromatic N) is 1. The summed E-state index contributed by atoms with van der Waals surface area (Å²) in [7, 11) is 0. The monoisotopic (exact) mass is 139 g/mol. The van der Waals surface area contributed by atoms with Crippen molar-refractivity contribution in [2.45, 2.75) is 0 Å². The number of hydrogen-bond acceptors (Lipinski definition) is 2. The SMILES string of the molecule is C=NOc1ccc(F)cc1. The van der Waals surface area contributed by atoms with Crippen LogP contribution in [0.5, 0.6) is 5.75 Å². The highest BCUT2D eigenvalue weighted by molar-refractivity contribution is 5.25. The van der Waals surface area contributed by atoms with Crippen LogP contribution in [0.25, 0.3) is 0 Å². The molecule has 0 radical (unpaired) electrons. The molecule has 0 N–H and O–H groups in total. The Morgan fingerprint density at radius 1 is 1.30 bits per heavy atom. The Kier molecular flexibility index (Phi) is 1.99. The molecule has 52 valence electrons. The lowest BCUT2D eigenvalue weighted by Crippen LogP contribution is -1.80. The molecule has 0 saturated carbocycles. The van der Waals surface area contributed by atoms with Gasteiger partial charge < -0.3 is 4.84 Å². The van der Waals surface area contributed by atoms with E-state index in [9.17, 15) is 4.39 Å². The van der Waals surface area contributed by atoms with Crippen molar-refractivity contribution in [3.8, 4) is 5.75 Å². The number of oxime groups is 1. The lowest BCUT2D eigenvalue weighted by molar-refractivity contribution is 0.345. The van der Waals surface area contributed by atoms with Crippen molar-refractivity contribution in [3.05, 3.63) is 30.1 Å². The lowest BCUT2D eigenvalue weighted by atomic mass is 10.3. The van der Waals surface area contributed by atoms with Crippen LogP contribution < -0.4 is 4.84 Å². The van der Waals surface area contributed by atoms with E-state index in [-0.39, 0.29) is 5.82 Å². The second-order valence-corrected chi connectivity index (χ2v) is 1.67. The van der Waals surface area contributed by atoms with Gasteiger partial charge in [0.1, 0.15) is 5.82 Å². The van der Waals surface area contributed by atoms with Gasteiger partial charge >= 0.3 is 0 Å². The van der Waals surface area contributed by atoms with E-state index in [2.05, 4.69) is 16.7 Å². The standard InChI is InChI=1S/C7H6FNO/c1-9-10-7-4-2-6(8)3-5-7/h2-5H,1H2. The molecule has 1 aromatic rings. The minimum absolute atomic E-state index is 0.295. The zero-order valence-corrected chi connectivity index (χ0v) is 5.25. The third-order valence-corrected chi connectivity index (χ3v) is 0.984. The second-order valence-electron chi connectivity index (χ2n) is 1.67. The second kappa shape index (κ2) is 2.96. The van der Waals surface area contributed by atoms with Gasteiger partial charge in [-0.25, -0.2) is 4.39 Å². The molecule has 0 bridgehead atoms. The minimum Gasteiger partial charge on any atom is -0.358 e. The van der Waals surface area contributed by atoms with Gasteiger partial charge in [0.05, 0.1) is 0 Å². The molecule has 0 aliphatic heterocycles. The average Bonchev–Trinajstić information content (AvgIpc) is 1.95. The van der Waals surface area contributed by atoms with Crippen molar-refractivity contribution in [2.24, 2.45) is 5.16 Å². The number of benzene rings is 1. The Morgan fingerprint density at radius 2 is 1.90 bits per heavy atom. The van der Waals surface area contributed by atoms with E-state index in [0.29, 0.717) is 5.75 Å². The van der Waals surface area contributed by atoms with Crippen LogP contribution in [0.1, 0.15) is 0 Å². The van der Waals surface area contributed by atoms with Crippen LogP contribution in [-0.2, 0) is 0 Å². The van der Waals surface area contributed by atoms with Crippen LogP contribution in [0.4, 0.5) is 4.39 Å². The quantitative estimate of drug-likeness (QED) is 0.452. The van der Waals surface area contributed by atoms with Gasteiger partial charge in [-0.1, -0.05) is 5.16 Å². The number of rotatable bonds is 2. The van der Waals surface area contributed by atoms with Gasteiger partial charge in [0.15, 0.2) is 5.75 Å². The summed E-state index contributed by atoms with van der Waals surface area (Å²) in [6.45, 7) is 3.11. The first-order chi connectivity index (χ1) is 4.83. The van der Waals surface area contributed by atoms with Crippen molar-refractivity contribution in [3.63, 3.8) is 0 Å². The van der Waals surface area contributed by atoms with Crippen LogP contribution in [-0.4, -0.2) is 6.72 Å². The van der Waals surface area contributed by atoms with Crippen molar-refractivity contribution >= 4 is 6.72 Å². The molecule has 0 aliphatic carbocycles. The van der Waals surface area contributed by atoms with Gasteiger partial charge in [0, 0.05) is 6.72 Å². The molecule has 1 rings (SSSR count). The first kappa shape index (κ1) is 6.74. The molecule has 0 unspecified atom stereocenters. The van der Waals surface area contributed by atoms with Crippen molar-refractivity contribution in [1.82, 2.24) is 0 Å². The Bertz CT molecular complexity index is 220. The Balaban J connectivity index is 2.78. The Labute approximate surface area is 57.9 Å². The first-order valence-electron chi connectivity index (χ1n) is 2.71. The fourth-order valence-electron chi connectivity index (χ4n) is 0.570. The van der Waals surface area contributed by atoms with Crippen molar-refractivity contribution < 1.29 is 9.23 Å². The summed E-state index contributed by atoms with van der Waals surface area (Å²) in [5, 5.41) is 3.16. The maximum Gasteiger partial charge on any atom is 0.158 e. The lowest BCUT2D eigenvalue weighted by Gasteiger charge is -1.94. The molecule has 0 amide bonds. The van der Waals surface area contributed by atoms with Crippen LogP contribution in [0, 0.1) is 5.82 Å². The van der Waals surface area contributed by atoms with Gasteiger partial charge in [-0.3, -0.25) is 0 Å². The molecule has 0 aliphatic rings. The molecule has 0 aromatic heterocycles. The molecule has 10 heavy (non-hydrogen) atoms. The van der Waals surface area contributed by atoms with Crippen molar-refractivity contribution in [1.29, 1.82) is 0 Å². The van der Waals surface area contributed by atoms with E-state index in [1.165, 1.54) is 24.3 Å². The Hall–Kier alpha value is -1.38.